The number of carbonyl (C=O) groups is 1. The van der Waals surface area contributed by atoms with Crippen molar-refractivity contribution in [1.82, 2.24) is 10.6 Å². The van der Waals surface area contributed by atoms with Crippen LogP contribution < -0.4 is 16.0 Å². The molecule has 0 radical (unpaired) electrons. The van der Waals surface area contributed by atoms with E-state index in [1.165, 1.54) is 6.26 Å². The summed E-state index contributed by atoms with van der Waals surface area (Å²) in [6.45, 7) is 5.20. The fourth-order valence-corrected chi connectivity index (χ4v) is 2.44. The van der Waals surface area contributed by atoms with Crippen molar-refractivity contribution in [2.24, 2.45) is 4.99 Å². The van der Waals surface area contributed by atoms with Gasteiger partial charge in [-0.25, -0.2) is 0 Å². The molecule has 0 aliphatic carbocycles. The first-order valence-electron chi connectivity index (χ1n) is 9.69. The summed E-state index contributed by atoms with van der Waals surface area (Å²) in [6.07, 6.45) is 4.69. The molecule has 0 spiro atoms. The number of rotatable bonds is 11. The number of nitrogens with one attached hydrogen (secondary N) is 3. The zero-order valence-corrected chi connectivity index (χ0v) is 19.4. The van der Waals surface area contributed by atoms with Gasteiger partial charge < -0.3 is 25.1 Å². The monoisotopic (exact) mass is 514 g/mol. The van der Waals surface area contributed by atoms with Crippen LogP contribution in [-0.2, 0) is 11.3 Å². The van der Waals surface area contributed by atoms with Crippen LogP contribution in [-0.4, -0.2) is 38.7 Å². The van der Waals surface area contributed by atoms with Gasteiger partial charge in [-0.1, -0.05) is 25.5 Å². The van der Waals surface area contributed by atoms with Gasteiger partial charge >= 0.3 is 0 Å². The quantitative estimate of drug-likeness (QED) is 0.183. The number of unbranched alkanes of at least 4 members (excludes halogenated alkanes) is 1. The molecule has 0 fully saturated rings. The van der Waals surface area contributed by atoms with Crippen LogP contribution in [0.3, 0.4) is 0 Å². The van der Waals surface area contributed by atoms with Crippen molar-refractivity contribution in [2.75, 3.05) is 32.1 Å². The Hall–Kier alpha value is -2.07. The lowest BCUT2D eigenvalue weighted by Gasteiger charge is -2.12. The number of guanidine groups is 1. The Kier molecular flexibility index (Phi) is 12.8. The van der Waals surface area contributed by atoms with Crippen molar-refractivity contribution in [3.63, 3.8) is 0 Å². The zero-order valence-electron chi connectivity index (χ0n) is 17.1. The molecule has 2 aromatic rings. The Balaban J connectivity index is 0.00000420. The summed E-state index contributed by atoms with van der Waals surface area (Å²) in [5.74, 6) is 0.777. The van der Waals surface area contributed by atoms with Crippen LogP contribution in [0.25, 0.3) is 0 Å². The molecule has 160 valence electrons. The first-order valence-corrected chi connectivity index (χ1v) is 9.69. The van der Waals surface area contributed by atoms with Crippen molar-refractivity contribution in [3.8, 4) is 0 Å². The molecule has 0 aliphatic rings. The van der Waals surface area contributed by atoms with Gasteiger partial charge in [0.2, 0.25) is 0 Å². The average molecular weight is 514 g/mol. The molecule has 0 atom stereocenters. The topological polar surface area (TPSA) is 87.9 Å². The van der Waals surface area contributed by atoms with E-state index in [4.69, 9.17) is 9.15 Å². The molecule has 3 N–H and O–H groups in total. The minimum absolute atomic E-state index is 0. The van der Waals surface area contributed by atoms with Gasteiger partial charge in [0, 0.05) is 39.0 Å². The van der Waals surface area contributed by atoms with E-state index in [-0.39, 0.29) is 35.6 Å². The molecule has 0 saturated heterocycles. The smallest absolute Gasteiger partial charge is 0.291 e. The number of furan rings is 1. The Morgan fingerprint density at radius 2 is 1.86 bits per heavy atom. The molecule has 29 heavy (non-hydrogen) atoms. The maximum absolute atomic E-state index is 12.0. The van der Waals surface area contributed by atoms with Crippen LogP contribution in [0, 0.1) is 0 Å². The fraction of sp³-hybridized carbons (Fsp3) is 0.429. The lowest BCUT2D eigenvalue weighted by Crippen LogP contribution is -2.37. The van der Waals surface area contributed by atoms with Gasteiger partial charge in [-0.15, -0.1) is 24.0 Å². The van der Waals surface area contributed by atoms with E-state index in [0.717, 1.165) is 56.2 Å². The first-order chi connectivity index (χ1) is 13.7. The highest BCUT2D eigenvalue weighted by atomic mass is 127. The Bertz CT molecular complexity index is 718. The standard InChI is InChI=1S/C21H30N4O3.HI/c1-3-4-13-27-14-6-12-23-21(22-2)24-16-17-8-10-18(11-9-17)25-20(26)19-7-5-15-28-19;/h5,7-11,15H,3-4,6,12-14,16H2,1-2H3,(H,25,26)(H2,22,23,24);1H. The first kappa shape index (κ1) is 25.0. The predicted molar refractivity (Wildman–Crippen MR) is 127 cm³/mol. The Morgan fingerprint density at radius 1 is 1.10 bits per heavy atom. The number of amides is 1. The number of ether oxygens (including phenoxy) is 1. The van der Waals surface area contributed by atoms with E-state index in [2.05, 4.69) is 27.9 Å². The average Bonchev–Trinajstić information content (AvgIpc) is 3.26. The van der Waals surface area contributed by atoms with Gasteiger partial charge in [-0.2, -0.15) is 0 Å². The van der Waals surface area contributed by atoms with Gasteiger partial charge in [0.15, 0.2) is 11.7 Å². The highest BCUT2D eigenvalue weighted by Gasteiger charge is 2.08. The minimum Gasteiger partial charge on any atom is -0.459 e. The number of benzene rings is 1. The van der Waals surface area contributed by atoms with Crippen LogP contribution in [0.1, 0.15) is 42.3 Å². The molecule has 0 bridgehead atoms. The number of hydrogen-bond donors (Lipinski definition) is 3. The maximum Gasteiger partial charge on any atom is 0.291 e. The summed E-state index contributed by atoms with van der Waals surface area (Å²) in [5, 5.41) is 9.35. The number of anilines is 1. The van der Waals surface area contributed by atoms with E-state index in [9.17, 15) is 4.79 Å². The van der Waals surface area contributed by atoms with E-state index in [1.54, 1.807) is 19.2 Å². The van der Waals surface area contributed by atoms with Gasteiger partial charge in [-0.3, -0.25) is 9.79 Å². The largest absolute Gasteiger partial charge is 0.459 e. The third-order valence-corrected chi connectivity index (χ3v) is 4.04. The van der Waals surface area contributed by atoms with Crippen molar-refractivity contribution >= 4 is 41.5 Å². The zero-order chi connectivity index (χ0) is 20.0. The third kappa shape index (κ3) is 9.80. The number of carbonyl (C=O) groups excluding carboxylic acids is 1. The molecule has 1 aromatic carbocycles. The molecular weight excluding hydrogens is 483 g/mol. The molecule has 0 saturated carbocycles. The summed E-state index contributed by atoms with van der Waals surface area (Å²) in [6, 6.07) is 11.0. The van der Waals surface area contributed by atoms with Crippen LogP contribution in [0.4, 0.5) is 5.69 Å². The van der Waals surface area contributed by atoms with Gasteiger partial charge in [0.25, 0.3) is 5.91 Å². The van der Waals surface area contributed by atoms with Crippen molar-refractivity contribution in [1.29, 1.82) is 0 Å². The SMILES string of the molecule is CCCCOCCCNC(=NC)NCc1ccc(NC(=O)c2ccco2)cc1.I. The highest BCUT2D eigenvalue weighted by molar-refractivity contribution is 14.0. The number of nitrogens with zero attached hydrogens (tertiary/aromatic N) is 1. The summed E-state index contributed by atoms with van der Waals surface area (Å²) in [4.78, 5) is 16.2. The predicted octanol–water partition coefficient (Wildman–Crippen LogP) is 4.02. The molecule has 1 amide bonds. The lowest BCUT2D eigenvalue weighted by atomic mass is 10.2. The minimum atomic E-state index is -0.265. The van der Waals surface area contributed by atoms with E-state index < -0.39 is 0 Å². The second-order valence-corrected chi connectivity index (χ2v) is 6.30. The third-order valence-electron chi connectivity index (χ3n) is 4.04. The molecule has 2 rings (SSSR count). The molecule has 0 unspecified atom stereocenters. The maximum atomic E-state index is 12.0. The van der Waals surface area contributed by atoms with Gasteiger partial charge in [0.05, 0.1) is 6.26 Å². The molecule has 8 heteroatoms. The van der Waals surface area contributed by atoms with E-state index in [1.807, 2.05) is 24.3 Å². The number of aliphatic imine (C=N–C) groups is 1. The van der Waals surface area contributed by atoms with Crippen LogP contribution in [0.5, 0.6) is 0 Å². The van der Waals surface area contributed by atoms with E-state index in [0.29, 0.717) is 6.54 Å². The Labute approximate surface area is 189 Å². The second kappa shape index (κ2) is 14.9. The summed E-state index contributed by atoms with van der Waals surface area (Å²) >= 11 is 0. The summed E-state index contributed by atoms with van der Waals surface area (Å²) in [5.41, 5.74) is 1.80. The van der Waals surface area contributed by atoms with Crippen LogP contribution in [0.15, 0.2) is 52.1 Å². The fourth-order valence-electron chi connectivity index (χ4n) is 2.44. The molecular formula is C21H31IN4O3. The second-order valence-electron chi connectivity index (χ2n) is 6.30. The Morgan fingerprint density at radius 3 is 2.52 bits per heavy atom. The van der Waals surface area contributed by atoms with Crippen molar-refractivity contribution in [3.05, 3.63) is 54.0 Å². The molecule has 1 heterocycles. The van der Waals surface area contributed by atoms with Gasteiger partial charge in [0.1, 0.15) is 0 Å². The van der Waals surface area contributed by atoms with Crippen LogP contribution in [0.2, 0.25) is 0 Å². The van der Waals surface area contributed by atoms with Crippen molar-refractivity contribution in [2.45, 2.75) is 32.7 Å². The van der Waals surface area contributed by atoms with E-state index >= 15 is 0 Å². The number of hydrogen-bond acceptors (Lipinski definition) is 4. The molecule has 7 nitrogen and oxygen atoms in total. The van der Waals surface area contributed by atoms with Crippen molar-refractivity contribution < 1.29 is 13.9 Å². The van der Waals surface area contributed by atoms with Crippen LogP contribution >= 0.6 is 24.0 Å². The molecule has 0 aliphatic heterocycles. The normalized spacial score (nSPS) is 10.9. The number of halogens is 1. The lowest BCUT2D eigenvalue weighted by molar-refractivity contribution is 0.0996. The highest BCUT2D eigenvalue weighted by Crippen LogP contribution is 2.11. The summed E-state index contributed by atoms with van der Waals surface area (Å²) < 4.78 is 10.6. The molecule has 1 aromatic heterocycles. The summed E-state index contributed by atoms with van der Waals surface area (Å²) in [7, 11) is 1.75. The van der Waals surface area contributed by atoms with Gasteiger partial charge in [-0.05, 0) is 42.7 Å².